The smallest absolute Gasteiger partial charge is 0.266 e. The third-order valence-electron chi connectivity index (χ3n) is 3.52. The maximum absolute atomic E-state index is 12.2. The van der Waals surface area contributed by atoms with Crippen LogP contribution in [0.3, 0.4) is 0 Å². The number of thiocarbonyl (C=S) groups is 1. The molecule has 0 saturated carbocycles. The van der Waals surface area contributed by atoms with Crippen molar-refractivity contribution in [1.82, 2.24) is 9.80 Å². The number of carbonyl (C=O) groups excluding carboxylic acids is 1. The largest absolute Gasteiger partial charge is 0.375 e. The molecule has 2 aliphatic heterocycles. The van der Waals surface area contributed by atoms with Gasteiger partial charge >= 0.3 is 0 Å². The lowest BCUT2D eigenvalue weighted by atomic mass is 10.3. The molecule has 6 nitrogen and oxygen atoms in total. The summed E-state index contributed by atoms with van der Waals surface area (Å²) in [6, 6.07) is 0. The molecule has 9 heteroatoms. The summed E-state index contributed by atoms with van der Waals surface area (Å²) in [5, 5.41) is 0. The summed E-state index contributed by atoms with van der Waals surface area (Å²) in [7, 11) is -4.11. The molecule has 2 fully saturated rings. The molecule has 2 rings (SSSR count). The summed E-state index contributed by atoms with van der Waals surface area (Å²) in [4.78, 5) is 16.2. The standard InChI is InChI=1S/C13H18N2O4S3/c1-2-14-7-3-4-10(14)5-6-11-12(16)15(13(20)21-11)8-9-22(17,18)19/h5-6H,2-4,7-9H2,1H3,(H,17,18,19)/b10-5-,11-6+. The second-order valence-electron chi connectivity index (χ2n) is 4.98. The summed E-state index contributed by atoms with van der Waals surface area (Å²) in [6.45, 7) is 3.94. The van der Waals surface area contributed by atoms with Gasteiger partial charge in [-0.05, 0) is 31.9 Å². The average molecular weight is 362 g/mol. The van der Waals surface area contributed by atoms with Gasteiger partial charge in [-0.2, -0.15) is 8.42 Å². The summed E-state index contributed by atoms with van der Waals surface area (Å²) < 4.78 is 30.7. The molecule has 0 bridgehead atoms. The lowest BCUT2D eigenvalue weighted by Gasteiger charge is -2.16. The van der Waals surface area contributed by atoms with Crippen LogP contribution in [-0.4, -0.2) is 58.4 Å². The number of amides is 1. The van der Waals surface area contributed by atoms with E-state index in [-0.39, 0.29) is 12.5 Å². The van der Waals surface area contributed by atoms with E-state index in [1.54, 1.807) is 6.08 Å². The molecule has 0 unspecified atom stereocenters. The van der Waals surface area contributed by atoms with E-state index in [2.05, 4.69) is 11.8 Å². The minimum atomic E-state index is -4.11. The van der Waals surface area contributed by atoms with Gasteiger partial charge in [-0.3, -0.25) is 14.2 Å². The van der Waals surface area contributed by atoms with Crippen molar-refractivity contribution in [2.24, 2.45) is 0 Å². The second kappa shape index (κ2) is 7.12. The summed E-state index contributed by atoms with van der Waals surface area (Å²) in [5.74, 6) is -0.825. The van der Waals surface area contributed by atoms with Crippen LogP contribution in [0.15, 0.2) is 22.8 Å². The van der Waals surface area contributed by atoms with Crippen LogP contribution in [-0.2, 0) is 14.9 Å². The highest BCUT2D eigenvalue weighted by molar-refractivity contribution is 8.26. The van der Waals surface area contributed by atoms with Crippen molar-refractivity contribution in [2.45, 2.75) is 19.8 Å². The minimum Gasteiger partial charge on any atom is -0.375 e. The van der Waals surface area contributed by atoms with Crippen LogP contribution in [0.1, 0.15) is 19.8 Å². The lowest BCUT2D eigenvalue weighted by Crippen LogP contribution is -2.32. The zero-order chi connectivity index (χ0) is 16.3. The van der Waals surface area contributed by atoms with E-state index in [9.17, 15) is 13.2 Å². The fraction of sp³-hybridized carbons (Fsp3) is 0.538. The van der Waals surface area contributed by atoms with E-state index in [0.717, 1.165) is 37.7 Å². The zero-order valence-corrected chi connectivity index (χ0v) is 14.6. The van der Waals surface area contributed by atoms with Gasteiger partial charge in [0.25, 0.3) is 16.0 Å². The number of allylic oxidation sites excluding steroid dienone is 3. The minimum absolute atomic E-state index is 0.126. The Balaban J connectivity index is 2.07. The van der Waals surface area contributed by atoms with E-state index in [1.807, 2.05) is 6.08 Å². The fourth-order valence-electron chi connectivity index (χ4n) is 2.39. The van der Waals surface area contributed by atoms with Crippen molar-refractivity contribution < 1.29 is 17.8 Å². The van der Waals surface area contributed by atoms with Crippen LogP contribution in [0.2, 0.25) is 0 Å². The highest BCUT2D eigenvalue weighted by Gasteiger charge is 2.32. The molecule has 0 aliphatic carbocycles. The van der Waals surface area contributed by atoms with Crippen molar-refractivity contribution >= 4 is 44.3 Å². The first-order valence-electron chi connectivity index (χ1n) is 6.96. The summed E-state index contributed by atoms with van der Waals surface area (Å²) in [5.41, 5.74) is 1.20. The Labute approximate surface area is 140 Å². The Hall–Kier alpha value is -0.900. The molecule has 0 aromatic carbocycles. The van der Waals surface area contributed by atoms with Gasteiger partial charge in [-0.1, -0.05) is 24.0 Å². The molecule has 0 aromatic heterocycles. The Morgan fingerprint density at radius 1 is 1.41 bits per heavy atom. The molecule has 122 valence electrons. The van der Waals surface area contributed by atoms with E-state index in [1.165, 1.54) is 10.6 Å². The van der Waals surface area contributed by atoms with Crippen LogP contribution in [0, 0.1) is 0 Å². The van der Waals surface area contributed by atoms with E-state index >= 15 is 0 Å². The predicted molar refractivity (Wildman–Crippen MR) is 91.0 cm³/mol. The molecule has 2 aliphatic rings. The van der Waals surface area contributed by atoms with Crippen LogP contribution in [0.5, 0.6) is 0 Å². The molecule has 0 radical (unpaired) electrons. The zero-order valence-electron chi connectivity index (χ0n) is 12.2. The van der Waals surface area contributed by atoms with Gasteiger partial charge < -0.3 is 4.90 Å². The SMILES string of the molecule is CCN1CCC/C1=C/C=C1/SC(=S)N(CCS(=O)(=O)O)C1=O. The van der Waals surface area contributed by atoms with Crippen molar-refractivity contribution in [1.29, 1.82) is 0 Å². The topological polar surface area (TPSA) is 77.9 Å². The van der Waals surface area contributed by atoms with Crippen molar-refractivity contribution in [3.63, 3.8) is 0 Å². The molecule has 0 spiro atoms. The lowest BCUT2D eigenvalue weighted by molar-refractivity contribution is -0.122. The number of likely N-dealkylation sites (tertiary alicyclic amines) is 1. The van der Waals surface area contributed by atoms with Gasteiger partial charge in [0.05, 0.1) is 10.7 Å². The summed E-state index contributed by atoms with van der Waals surface area (Å²) in [6.07, 6.45) is 5.79. The van der Waals surface area contributed by atoms with Crippen LogP contribution in [0.4, 0.5) is 0 Å². The maximum Gasteiger partial charge on any atom is 0.266 e. The number of thioether (sulfide) groups is 1. The number of nitrogens with zero attached hydrogens (tertiary/aromatic N) is 2. The quantitative estimate of drug-likeness (QED) is 0.452. The highest BCUT2D eigenvalue weighted by Crippen LogP contribution is 2.31. The number of hydrogen-bond acceptors (Lipinski definition) is 6. The Morgan fingerprint density at radius 3 is 2.77 bits per heavy atom. The monoisotopic (exact) mass is 362 g/mol. The molecule has 22 heavy (non-hydrogen) atoms. The van der Waals surface area contributed by atoms with Gasteiger partial charge in [0.1, 0.15) is 4.32 Å². The molecular formula is C13H18N2O4S3. The Kier molecular flexibility index (Phi) is 5.65. The van der Waals surface area contributed by atoms with Crippen molar-refractivity contribution in [3.8, 4) is 0 Å². The van der Waals surface area contributed by atoms with Crippen molar-refractivity contribution in [2.75, 3.05) is 25.4 Å². The molecule has 2 heterocycles. The molecule has 0 aromatic rings. The number of carbonyl (C=O) groups is 1. The van der Waals surface area contributed by atoms with E-state index in [4.69, 9.17) is 16.8 Å². The van der Waals surface area contributed by atoms with Gasteiger partial charge in [-0.15, -0.1) is 0 Å². The normalized spacial score (nSPS) is 23.4. The van der Waals surface area contributed by atoms with Gasteiger partial charge in [0, 0.05) is 25.3 Å². The first-order chi connectivity index (χ1) is 10.3. The maximum atomic E-state index is 12.2. The van der Waals surface area contributed by atoms with E-state index < -0.39 is 15.9 Å². The van der Waals surface area contributed by atoms with Crippen LogP contribution >= 0.6 is 24.0 Å². The van der Waals surface area contributed by atoms with Crippen molar-refractivity contribution in [3.05, 3.63) is 22.8 Å². The Morgan fingerprint density at radius 2 is 2.14 bits per heavy atom. The van der Waals surface area contributed by atoms with Crippen LogP contribution < -0.4 is 0 Å². The average Bonchev–Trinajstić information content (AvgIpc) is 2.98. The molecule has 1 N–H and O–H groups in total. The van der Waals surface area contributed by atoms with E-state index in [0.29, 0.717) is 9.23 Å². The fourth-order valence-corrected chi connectivity index (χ4v) is 4.05. The highest BCUT2D eigenvalue weighted by atomic mass is 32.2. The summed E-state index contributed by atoms with van der Waals surface area (Å²) >= 11 is 6.25. The third-order valence-corrected chi connectivity index (χ3v) is 5.62. The first kappa shape index (κ1) is 17.5. The molecule has 0 atom stereocenters. The van der Waals surface area contributed by atoms with Gasteiger partial charge in [0.2, 0.25) is 0 Å². The molecule has 2 saturated heterocycles. The predicted octanol–water partition coefficient (Wildman–Crippen LogP) is 1.62. The number of rotatable bonds is 5. The first-order valence-corrected chi connectivity index (χ1v) is 9.80. The van der Waals surface area contributed by atoms with Gasteiger partial charge in [-0.25, -0.2) is 0 Å². The molecule has 1 amide bonds. The third kappa shape index (κ3) is 4.31. The molecular weight excluding hydrogens is 344 g/mol. The number of hydrogen-bond donors (Lipinski definition) is 1. The van der Waals surface area contributed by atoms with Gasteiger partial charge in [0.15, 0.2) is 0 Å². The van der Waals surface area contributed by atoms with Crippen LogP contribution in [0.25, 0.3) is 0 Å². The Bertz CT molecular complexity index is 640. The second-order valence-corrected chi connectivity index (χ2v) is 8.23.